The van der Waals surface area contributed by atoms with E-state index in [2.05, 4.69) is 47.5 Å². The molecule has 1 saturated heterocycles. The van der Waals surface area contributed by atoms with Gasteiger partial charge in [0.05, 0.1) is 0 Å². The van der Waals surface area contributed by atoms with Crippen LogP contribution in [-0.4, -0.2) is 36.5 Å². The zero-order valence-corrected chi connectivity index (χ0v) is 14.1. The number of carbonyl (C=O) groups excluding carboxylic acids is 1. The Labute approximate surface area is 139 Å². The Morgan fingerprint density at radius 2 is 1.82 bits per heavy atom. The first-order valence-corrected chi connectivity index (χ1v) is 8.32. The third-order valence-electron chi connectivity index (χ3n) is 5.13. The standard InChI is InChI=1S/C18H26N2O.ClH/c1-14-13-19-11-12-20(14)18(21)17-9-7-16(8-10-17)15-5-3-2-4-6-15;/h2-6,14,16-17,19H,7-13H2,1H3;1H/t14-,16?,17?;/m0./s1. The number of hydrogen-bond donors (Lipinski definition) is 1. The summed E-state index contributed by atoms with van der Waals surface area (Å²) in [4.78, 5) is 14.8. The molecule has 0 spiro atoms. The van der Waals surface area contributed by atoms with Gasteiger partial charge in [-0.3, -0.25) is 4.79 Å². The zero-order valence-electron chi connectivity index (χ0n) is 13.3. The largest absolute Gasteiger partial charge is 0.337 e. The Morgan fingerprint density at radius 3 is 2.45 bits per heavy atom. The minimum Gasteiger partial charge on any atom is -0.337 e. The maximum Gasteiger partial charge on any atom is 0.226 e. The van der Waals surface area contributed by atoms with E-state index in [1.165, 1.54) is 5.56 Å². The number of hydrogen-bond acceptors (Lipinski definition) is 2. The summed E-state index contributed by atoms with van der Waals surface area (Å²) < 4.78 is 0. The van der Waals surface area contributed by atoms with Crippen molar-refractivity contribution in [1.82, 2.24) is 10.2 Å². The predicted octanol–water partition coefficient (Wildman–Crippen LogP) is 3.20. The molecule has 1 aliphatic heterocycles. The van der Waals surface area contributed by atoms with Crippen LogP contribution in [0.5, 0.6) is 0 Å². The van der Waals surface area contributed by atoms with Gasteiger partial charge < -0.3 is 10.2 Å². The average molecular weight is 323 g/mol. The Bertz CT molecular complexity index is 471. The van der Waals surface area contributed by atoms with E-state index < -0.39 is 0 Å². The van der Waals surface area contributed by atoms with E-state index in [0.29, 0.717) is 17.9 Å². The summed E-state index contributed by atoms with van der Waals surface area (Å²) in [6, 6.07) is 11.1. The summed E-state index contributed by atoms with van der Waals surface area (Å²) in [5, 5.41) is 3.36. The molecule has 0 radical (unpaired) electrons. The van der Waals surface area contributed by atoms with Crippen LogP contribution < -0.4 is 5.32 Å². The number of nitrogens with zero attached hydrogens (tertiary/aromatic N) is 1. The molecule has 2 aliphatic rings. The molecule has 0 bridgehead atoms. The highest BCUT2D eigenvalue weighted by atomic mass is 35.5. The van der Waals surface area contributed by atoms with Crippen LogP contribution >= 0.6 is 12.4 Å². The van der Waals surface area contributed by atoms with Gasteiger partial charge in [0.2, 0.25) is 5.91 Å². The smallest absolute Gasteiger partial charge is 0.226 e. The monoisotopic (exact) mass is 322 g/mol. The van der Waals surface area contributed by atoms with Gasteiger partial charge in [-0.1, -0.05) is 30.3 Å². The fourth-order valence-electron chi connectivity index (χ4n) is 3.80. The van der Waals surface area contributed by atoms with Crippen LogP contribution in [0.4, 0.5) is 0 Å². The SMILES string of the molecule is C[C@H]1CNCCN1C(=O)C1CCC(c2ccccc2)CC1.Cl. The third kappa shape index (κ3) is 3.82. The Kier molecular flexibility index (Phi) is 6.27. The van der Waals surface area contributed by atoms with Crippen LogP contribution in [0.15, 0.2) is 30.3 Å². The van der Waals surface area contributed by atoms with Crippen molar-refractivity contribution < 1.29 is 4.79 Å². The minimum absolute atomic E-state index is 0. The van der Waals surface area contributed by atoms with Gasteiger partial charge in [0.25, 0.3) is 0 Å². The van der Waals surface area contributed by atoms with E-state index >= 15 is 0 Å². The number of piperazine rings is 1. The Morgan fingerprint density at radius 1 is 1.14 bits per heavy atom. The Balaban J connectivity index is 0.00000176. The second kappa shape index (κ2) is 7.98. The zero-order chi connectivity index (χ0) is 14.7. The maximum atomic E-state index is 12.7. The molecule has 3 nitrogen and oxygen atoms in total. The first kappa shape index (κ1) is 17.3. The van der Waals surface area contributed by atoms with Gasteiger partial charge in [-0.15, -0.1) is 12.4 Å². The lowest BCUT2D eigenvalue weighted by Gasteiger charge is -2.38. The molecule has 4 heteroatoms. The molecule has 1 N–H and O–H groups in total. The number of nitrogens with one attached hydrogen (secondary N) is 1. The van der Waals surface area contributed by atoms with E-state index in [1.807, 2.05) is 0 Å². The molecular weight excluding hydrogens is 296 g/mol. The van der Waals surface area contributed by atoms with Gasteiger partial charge >= 0.3 is 0 Å². The molecule has 1 aromatic carbocycles. The van der Waals surface area contributed by atoms with E-state index in [4.69, 9.17) is 0 Å². The molecule has 2 fully saturated rings. The highest BCUT2D eigenvalue weighted by molar-refractivity contribution is 5.85. The lowest BCUT2D eigenvalue weighted by atomic mass is 9.78. The van der Waals surface area contributed by atoms with E-state index in [0.717, 1.165) is 45.3 Å². The molecule has 122 valence electrons. The van der Waals surface area contributed by atoms with E-state index in [1.54, 1.807) is 0 Å². The number of benzene rings is 1. The van der Waals surface area contributed by atoms with Crippen LogP contribution in [0.1, 0.15) is 44.1 Å². The lowest BCUT2D eigenvalue weighted by molar-refractivity contribution is -0.139. The average Bonchev–Trinajstić information content (AvgIpc) is 2.56. The van der Waals surface area contributed by atoms with Crippen molar-refractivity contribution in [2.24, 2.45) is 5.92 Å². The molecule has 1 aromatic rings. The summed E-state index contributed by atoms with van der Waals surface area (Å²) in [5.74, 6) is 1.30. The van der Waals surface area contributed by atoms with Crippen molar-refractivity contribution in [1.29, 1.82) is 0 Å². The highest BCUT2D eigenvalue weighted by Gasteiger charge is 2.32. The normalized spacial score (nSPS) is 28.8. The van der Waals surface area contributed by atoms with Crippen molar-refractivity contribution in [2.75, 3.05) is 19.6 Å². The fourth-order valence-corrected chi connectivity index (χ4v) is 3.80. The first-order valence-electron chi connectivity index (χ1n) is 8.32. The third-order valence-corrected chi connectivity index (χ3v) is 5.13. The maximum absolute atomic E-state index is 12.7. The van der Waals surface area contributed by atoms with Gasteiger partial charge in [-0.25, -0.2) is 0 Å². The molecule has 22 heavy (non-hydrogen) atoms. The number of rotatable bonds is 2. The van der Waals surface area contributed by atoms with Gasteiger partial charge in [-0.2, -0.15) is 0 Å². The quantitative estimate of drug-likeness (QED) is 0.907. The van der Waals surface area contributed by atoms with E-state index in [9.17, 15) is 4.79 Å². The molecule has 3 rings (SSSR count). The molecular formula is C18H27ClN2O. The van der Waals surface area contributed by atoms with Crippen LogP contribution in [0.3, 0.4) is 0 Å². The van der Waals surface area contributed by atoms with Gasteiger partial charge in [0.15, 0.2) is 0 Å². The van der Waals surface area contributed by atoms with Gasteiger partial charge in [0.1, 0.15) is 0 Å². The molecule has 1 amide bonds. The summed E-state index contributed by atoms with van der Waals surface area (Å²) in [6.45, 7) is 4.90. The summed E-state index contributed by atoms with van der Waals surface area (Å²) >= 11 is 0. The second-order valence-corrected chi connectivity index (χ2v) is 6.54. The number of carbonyl (C=O) groups is 1. The fraction of sp³-hybridized carbons (Fsp3) is 0.611. The molecule has 0 unspecified atom stereocenters. The van der Waals surface area contributed by atoms with Crippen LogP contribution in [0.2, 0.25) is 0 Å². The van der Waals surface area contributed by atoms with Gasteiger partial charge in [-0.05, 0) is 44.1 Å². The molecule has 1 saturated carbocycles. The molecule has 1 aliphatic carbocycles. The molecule has 1 atom stereocenters. The predicted molar refractivity (Wildman–Crippen MR) is 92.4 cm³/mol. The first-order chi connectivity index (χ1) is 10.3. The summed E-state index contributed by atoms with van der Waals surface area (Å²) in [6.07, 6.45) is 4.41. The summed E-state index contributed by atoms with van der Waals surface area (Å²) in [7, 11) is 0. The number of halogens is 1. The second-order valence-electron chi connectivity index (χ2n) is 6.54. The Hall–Kier alpha value is -1.06. The van der Waals surface area contributed by atoms with Crippen molar-refractivity contribution in [3.05, 3.63) is 35.9 Å². The highest BCUT2D eigenvalue weighted by Crippen LogP contribution is 2.36. The molecule has 1 heterocycles. The summed E-state index contributed by atoms with van der Waals surface area (Å²) in [5.41, 5.74) is 1.44. The lowest BCUT2D eigenvalue weighted by Crippen LogP contribution is -2.54. The van der Waals surface area contributed by atoms with Crippen molar-refractivity contribution in [3.63, 3.8) is 0 Å². The van der Waals surface area contributed by atoms with Gasteiger partial charge in [0, 0.05) is 31.6 Å². The van der Waals surface area contributed by atoms with Crippen LogP contribution in [-0.2, 0) is 4.79 Å². The van der Waals surface area contributed by atoms with E-state index in [-0.39, 0.29) is 18.3 Å². The topological polar surface area (TPSA) is 32.3 Å². The number of amides is 1. The van der Waals surface area contributed by atoms with Crippen LogP contribution in [0, 0.1) is 5.92 Å². The van der Waals surface area contributed by atoms with Crippen LogP contribution in [0.25, 0.3) is 0 Å². The minimum atomic E-state index is 0. The van der Waals surface area contributed by atoms with Crippen molar-refractivity contribution in [2.45, 2.75) is 44.6 Å². The van der Waals surface area contributed by atoms with Crippen molar-refractivity contribution in [3.8, 4) is 0 Å². The van der Waals surface area contributed by atoms with Crippen molar-refractivity contribution >= 4 is 18.3 Å². The molecule has 0 aromatic heterocycles.